The number of hydrogen-bond donors (Lipinski definition) is 1. The Morgan fingerprint density at radius 1 is 1.31 bits per heavy atom. The molecule has 0 bridgehead atoms. The molecule has 1 saturated heterocycles. The minimum Gasteiger partial charge on any atom is -0.465 e. The molecule has 1 fully saturated rings. The molecule has 1 aliphatic heterocycles. The molecular weight excluding hydrogens is 202 g/mol. The molecule has 0 amide bonds. The number of carbonyl (C=O) groups excluding carboxylic acids is 1. The zero-order chi connectivity index (χ0) is 11.9. The number of rotatable bonds is 7. The molecule has 1 unspecified atom stereocenters. The van der Waals surface area contributed by atoms with Gasteiger partial charge >= 0.3 is 5.97 Å². The van der Waals surface area contributed by atoms with Crippen LogP contribution in [0.15, 0.2) is 0 Å². The van der Waals surface area contributed by atoms with E-state index >= 15 is 0 Å². The van der Waals surface area contributed by atoms with Gasteiger partial charge in [-0.05, 0) is 26.3 Å². The van der Waals surface area contributed by atoms with Crippen LogP contribution in [0.1, 0.15) is 52.4 Å². The van der Waals surface area contributed by atoms with E-state index in [1.165, 1.54) is 25.7 Å². The molecule has 3 heteroatoms. The maximum absolute atomic E-state index is 11.8. The van der Waals surface area contributed by atoms with E-state index in [0.29, 0.717) is 6.61 Å². The van der Waals surface area contributed by atoms with Crippen LogP contribution >= 0.6 is 0 Å². The van der Waals surface area contributed by atoms with Crippen LogP contribution in [-0.4, -0.2) is 25.7 Å². The predicted octanol–water partition coefficient (Wildman–Crippen LogP) is 2.50. The molecule has 3 nitrogen and oxygen atoms in total. The third-order valence-electron chi connectivity index (χ3n) is 3.34. The second-order valence-electron chi connectivity index (χ2n) is 5.04. The first kappa shape index (κ1) is 13.5. The number of nitrogens with one attached hydrogen (secondary N) is 1. The number of hydrogen-bond acceptors (Lipinski definition) is 3. The highest BCUT2D eigenvalue weighted by Gasteiger charge is 2.37. The van der Waals surface area contributed by atoms with Crippen molar-refractivity contribution in [2.24, 2.45) is 5.41 Å². The first-order valence-electron chi connectivity index (χ1n) is 6.57. The summed E-state index contributed by atoms with van der Waals surface area (Å²) in [6.07, 6.45) is 6.89. The number of ether oxygens (including phenoxy) is 1. The molecule has 16 heavy (non-hydrogen) atoms. The fourth-order valence-corrected chi connectivity index (χ4v) is 2.04. The van der Waals surface area contributed by atoms with Crippen molar-refractivity contribution in [1.29, 1.82) is 0 Å². The highest BCUT2D eigenvalue weighted by Crippen LogP contribution is 2.26. The van der Waals surface area contributed by atoms with Gasteiger partial charge in [0, 0.05) is 6.54 Å². The summed E-state index contributed by atoms with van der Waals surface area (Å²) in [5.74, 6) is -0.0204. The molecular formula is C13H25NO2. The van der Waals surface area contributed by atoms with Crippen molar-refractivity contribution in [2.45, 2.75) is 52.4 Å². The summed E-state index contributed by atoms with van der Waals surface area (Å²) in [5, 5.41) is 3.21. The van der Waals surface area contributed by atoms with Gasteiger partial charge in [0.1, 0.15) is 0 Å². The number of carbonyl (C=O) groups is 1. The van der Waals surface area contributed by atoms with Gasteiger partial charge in [-0.15, -0.1) is 0 Å². The minimum atomic E-state index is -0.274. The standard InChI is InChI=1S/C13H25NO2/c1-3-4-5-6-7-10-16-12(15)13(2)8-9-14-11-13/h14H,3-11H2,1-2H3. The highest BCUT2D eigenvalue weighted by atomic mass is 16.5. The molecule has 0 aromatic heterocycles. The van der Waals surface area contributed by atoms with E-state index in [4.69, 9.17) is 4.74 Å². The molecule has 0 aromatic carbocycles. The molecule has 1 atom stereocenters. The lowest BCUT2D eigenvalue weighted by molar-refractivity contribution is -0.153. The van der Waals surface area contributed by atoms with Gasteiger partial charge in [-0.3, -0.25) is 4.79 Å². The third-order valence-corrected chi connectivity index (χ3v) is 3.34. The first-order valence-corrected chi connectivity index (χ1v) is 6.57. The molecule has 0 radical (unpaired) electrons. The van der Waals surface area contributed by atoms with Crippen molar-refractivity contribution < 1.29 is 9.53 Å². The summed E-state index contributed by atoms with van der Waals surface area (Å²) in [4.78, 5) is 11.8. The van der Waals surface area contributed by atoms with Gasteiger partial charge in [0.05, 0.1) is 12.0 Å². The van der Waals surface area contributed by atoms with Crippen LogP contribution < -0.4 is 5.32 Å². The Morgan fingerprint density at radius 3 is 2.69 bits per heavy atom. The first-order chi connectivity index (χ1) is 7.69. The largest absolute Gasteiger partial charge is 0.465 e. The van der Waals surface area contributed by atoms with Gasteiger partial charge in [-0.25, -0.2) is 0 Å². The third kappa shape index (κ3) is 4.12. The molecule has 1 aliphatic rings. The van der Waals surface area contributed by atoms with E-state index in [-0.39, 0.29) is 11.4 Å². The van der Waals surface area contributed by atoms with E-state index in [9.17, 15) is 4.79 Å². The van der Waals surface area contributed by atoms with Crippen LogP contribution in [0.5, 0.6) is 0 Å². The van der Waals surface area contributed by atoms with Crippen LogP contribution in [0.2, 0.25) is 0 Å². The molecule has 1 rings (SSSR count). The average molecular weight is 227 g/mol. The van der Waals surface area contributed by atoms with E-state index < -0.39 is 0 Å². The summed E-state index contributed by atoms with van der Waals surface area (Å²) < 4.78 is 5.33. The SMILES string of the molecule is CCCCCCCOC(=O)C1(C)CCNC1. The van der Waals surface area contributed by atoms with E-state index in [1.54, 1.807) is 0 Å². The van der Waals surface area contributed by atoms with Gasteiger partial charge in [0.25, 0.3) is 0 Å². The lowest BCUT2D eigenvalue weighted by Crippen LogP contribution is -2.32. The Labute approximate surface area is 98.9 Å². The maximum Gasteiger partial charge on any atom is 0.313 e. The van der Waals surface area contributed by atoms with Gasteiger partial charge in [-0.2, -0.15) is 0 Å². The van der Waals surface area contributed by atoms with E-state index in [0.717, 1.165) is 25.9 Å². The smallest absolute Gasteiger partial charge is 0.313 e. The van der Waals surface area contributed by atoms with Crippen molar-refractivity contribution in [3.63, 3.8) is 0 Å². The molecule has 1 heterocycles. The van der Waals surface area contributed by atoms with Crippen LogP contribution in [0.25, 0.3) is 0 Å². The quantitative estimate of drug-likeness (QED) is 0.536. The lowest BCUT2D eigenvalue weighted by atomic mass is 9.90. The van der Waals surface area contributed by atoms with Crippen LogP contribution in [0, 0.1) is 5.41 Å². The lowest BCUT2D eigenvalue weighted by Gasteiger charge is -2.20. The van der Waals surface area contributed by atoms with Gasteiger partial charge in [0.2, 0.25) is 0 Å². The zero-order valence-electron chi connectivity index (χ0n) is 10.7. The van der Waals surface area contributed by atoms with Gasteiger partial charge in [-0.1, -0.05) is 32.6 Å². The summed E-state index contributed by atoms with van der Waals surface area (Å²) >= 11 is 0. The fourth-order valence-electron chi connectivity index (χ4n) is 2.04. The summed E-state index contributed by atoms with van der Waals surface area (Å²) in [6, 6.07) is 0. The molecule has 94 valence electrons. The van der Waals surface area contributed by atoms with Crippen LogP contribution in [0.3, 0.4) is 0 Å². The summed E-state index contributed by atoms with van der Waals surface area (Å²) in [5.41, 5.74) is -0.274. The van der Waals surface area contributed by atoms with E-state index in [1.807, 2.05) is 6.92 Å². The Bertz CT molecular complexity index is 210. The van der Waals surface area contributed by atoms with Crippen molar-refractivity contribution in [3.8, 4) is 0 Å². The van der Waals surface area contributed by atoms with Crippen molar-refractivity contribution >= 4 is 5.97 Å². The van der Waals surface area contributed by atoms with Gasteiger partial charge < -0.3 is 10.1 Å². The highest BCUT2D eigenvalue weighted by molar-refractivity contribution is 5.77. The Balaban J connectivity index is 2.06. The Kier molecular flexibility index (Phi) is 5.81. The fraction of sp³-hybridized carbons (Fsp3) is 0.923. The molecule has 0 aromatic rings. The van der Waals surface area contributed by atoms with Gasteiger partial charge in [0.15, 0.2) is 0 Å². The maximum atomic E-state index is 11.8. The van der Waals surface area contributed by atoms with Crippen molar-refractivity contribution in [2.75, 3.05) is 19.7 Å². The second kappa shape index (κ2) is 6.89. The monoisotopic (exact) mass is 227 g/mol. The molecule has 0 spiro atoms. The molecule has 0 aliphatic carbocycles. The van der Waals surface area contributed by atoms with Crippen LogP contribution in [-0.2, 0) is 9.53 Å². The number of unbranched alkanes of at least 4 members (excludes halogenated alkanes) is 4. The van der Waals surface area contributed by atoms with Crippen molar-refractivity contribution in [3.05, 3.63) is 0 Å². The Morgan fingerprint density at radius 2 is 2.06 bits per heavy atom. The topological polar surface area (TPSA) is 38.3 Å². The van der Waals surface area contributed by atoms with Crippen molar-refractivity contribution in [1.82, 2.24) is 5.32 Å². The van der Waals surface area contributed by atoms with E-state index in [2.05, 4.69) is 12.2 Å². The Hall–Kier alpha value is -0.570. The molecule has 1 N–H and O–H groups in total. The zero-order valence-corrected chi connectivity index (χ0v) is 10.7. The molecule has 0 saturated carbocycles. The average Bonchev–Trinajstić information content (AvgIpc) is 2.71. The predicted molar refractivity (Wildman–Crippen MR) is 65.3 cm³/mol. The summed E-state index contributed by atoms with van der Waals surface area (Å²) in [7, 11) is 0. The van der Waals surface area contributed by atoms with Crippen LogP contribution in [0.4, 0.5) is 0 Å². The number of esters is 1. The summed E-state index contributed by atoms with van der Waals surface area (Å²) in [6.45, 7) is 6.49. The second-order valence-corrected chi connectivity index (χ2v) is 5.04. The normalized spacial score (nSPS) is 24.6. The minimum absolute atomic E-state index is 0.0204.